The standard InChI is InChI=1S/C14H17FN2S.C8H6FNS.C6H14N2/c1-9-6-17(7-10(2)16-9)13-8-18-14-5-11(15)3-4-12(13)14;9-5-1-2-6-7(10)4-11-8(6)3-5;1-5-3-7-4-6(2)8-5/h3-5,8-10,16H,6-7H2,1-2H3;1-4H,10H2;5-8H,3-4H2,1-2H3/t9-,10+;;5-,6+. The van der Waals surface area contributed by atoms with Crippen molar-refractivity contribution in [1.29, 1.82) is 0 Å². The van der Waals surface area contributed by atoms with Crippen LogP contribution in [0.5, 0.6) is 0 Å². The lowest BCUT2D eigenvalue weighted by molar-refractivity contribution is 0.370. The molecule has 4 heterocycles. The van der Waals surface area contributed by atoms with E-state index in [0.717, 1.165) is 46.7 Å². The number of nitrogens with one attached hydrogen (secondary N) is 3. The van der Waals surface area contributed by atoms with Crippen LogP contribution in [0.4, 0.5) is 20.2 Å². The van der Waals surface area contributed by atoms with Gasteiger partial charge in [0.15, 0.2) is 0 Å². The predicted octanol–water partition coefficient (Wildman–Crippen LogP) is 5.81. The van der Waals surface area contributed by atoms with Gasteiger partial charge in [0.05, 0.1) is 11.4 Å². The first-order chi connectivity index (χ1) is 17.7. The Bertz CT molecular complexity index is 1290. The van der Waals surface area contributed by atoms with Gasteiger partial charge in [-0.25, -0.2) is 8.78 Å². The molecule has 200 valence electrons. The molecular weight excluding hydrogens is 508 g/mol. The second-order valence-electron chi connectivity index (χ2n) is 10.1. The highest BCUT2D eigenvalue weighted by atomic mass is 32.1. The molecule has 0 spiro atoms. The van der Waals surface area contributed by atoms with Crippen molar-refractivity contribution >= 4 is 54.2 Å². The highest BCUT2D eigenvalue weighted by Gasteiger charge is 2.23. The number of nitrogens with zero attached hydrogens (tertiary/aromatic N) is 1. The van der Waals surface area contributed by atoms with Gasteiger partial charge < -0.3 is 26.6 Å². The summed E-state index contributed by atoms with van der Waals surface area (Å²) < 4.78 is 27.7. The van der Waals surface area contributed by atoms with E-state index in [2.05, 4.69) is 53.9 Å². The van der Waals surface area contributed by atoms with Gasteiger partial charge in [-0.2, -0.15) is 0 Å². The lowest BCUT2D eigenvalue weighted by atomic mass is 10.1. The molecule has 0 amide bonds. The number of nitrogens with two attached hydrogens (primary N) is 1. The van der Waals surface area contributed by atoms with Gasteiger partial charge in [0, 0.05) is 81.3 Å². The number of thiophene rings is 2. The van der Waals surface area contributed by atoms with Gasteiger partial charge in [0.2, 0.25) is 0 Å². The molecular formula is C28H37F2N5S2. The summed E-state index contributed by atoms with van der Waals surface area (Å²) in [5, 5.41) is 16.3. The Balaban J connectivity index is 0.000000143. The summed E-state index contributed by atoms with van der Waals surface area (Å²) in [4.78, 5) is 2.41. The van der Waals surface area contributed by atoms with Gasteiger partial charge in [-0.15, -0.1) is 22.7 Å². The molecule has 5 N–H and O–H groups in total. The van der Waals surface area contributed by atoms with Crippen LogP contribution in [0, 0.1) is 11.6 Å². The van der Waals surface area contributed by atoms with E-state index < -0.39 is 0 Å². The van der Waals surface area contributed by atoms with Crippen LogP contribution >= 0.6 is 22.7 Å². The second-order valence-corrected chi connectivity index (χ2v) is 11.9. The van der Waals surface area contributed by atoms with Crippen LogP contribution < -0.4 is 26.6 Å². The van der Waals surface area contributed by atoms with Crippen LogP contribution in [0.2, 0.25) is 0 Å². The first kappa shape index (κ1) is 27.7. The minimum atomic E-state index is -0.209. The fraction of sp³-hybridized carbons (Fsp3) is 0.429. The Hall–Kier alpha value is -2.30. The minimum absolute atomic E-state index is 0.155. The smallest absolute Gasteiger partial charge is 0.124 e. The maximum absolute atomic E-state index is 13.2. The summed E-state index contributed by atoms with van der Waals surface area (Å²) in [5.74, 6) is -0.364. The van der Waals surface area contributed by atoms with E-state index in [1.54, 1.807) is 29.5 Å². The number of nitrogen functional groups attached to an aromatic ring is 1. The van der Waals surface area contributed by atoms with Gasteiger partial charge in [-0.1, -0.05) is 0 Å². The Labute approximate surface area is 226 Å². The third kappa shape index (κ3) is 7.39. The maximum atomic E-state index is 13.2. The van der Waals surface area contributed by atoms with Crippen molar-refractivity contribution in [3.8, 4) is 0 Å². The zero-order valence-corrected chi connectivity index (χ0v) is 23.5. The molecule has 4 atom stereocenters. The zero-order chi connectivity index (χ0) is 26.5. The van der Waals surface area contributed by atoms with Gasteiger partial charge in [-0.05, 0) is 64.1 Å². The van der Waals surface area contributed by atoms with E-state index in [-0.39, 0.29) is 11.6 Å². The van der Waals surface area contributed by atoms with E-state index in [1.807, 2.05) is 11.4 Å². The Morgan fingerprint density at radius 3 is 1.84 bits per heavy atom. The first-order valence-corrected chi connectivity index (χ1v) is 14.5. The number of piperazine rings is 2. The molecule has 2 aliphatic heterocycles. The van der Waals surface area contributed by atoms with Crippen LogP contribution in [-0.4, -0.2) is 50.3 Å². The molecule has 37 heavy (non-hydrogen) atoms. The average molecular weight is 546 g/mol. The van der Waals surface area contributed by atoms with Gasteiger partial charge in [0.25, 0.3) is 0 Å². The molecule has 0 bridgehead atoms. The molecule has 9 heteroatoms. The van der Waals surface area contributed by atoms with Crippen molar-refractivity contribution in [2.45, 2.75) is 51.9 Å². The average Bonchev–Trinajstić information content (AvgIpc) is 3.42. The predicted molar refractivity (Wildman–Crippen MR) is 157 cm³/mol. The van der Waals surface area contributed by atoms with Crippen molar-refractivity contribution in [3.63, 3.8) is 0 Å². The maximum Gasteiger partial charge on any atom is 0.124 e. The number of benzene rings is 2. The summed E-state index contributed by atoms with van der Waals surface area (Å²) in [6.45, 7) is 13.1. The topological polar surface area (TPSA) is 65.3 Å². The van der Waals surface area contributed by atoms with Gasteiger partial charge >= 0.3 is 0 Å². The van der Waals surface area contributed by atoms with Crippen LogP contribution in [-0.2, 0) is 0 Å². The summed E-state index contributed by atoms with van der Waals surface area (Å²) >= 11 is 3.09. The third-order valence-corrected chi connectivity index (χ3v) is 8.35. The molecule has 6 rings (SSSR count). The minimum Gasteiger partial charge on any atom is -0.398 e. The molecule has 2 fully saturated rings. The fourth-order valence-electron chi connectivity index (χ4n) is 4.90. The van der Waals surface area contributed by atoms with E-state index >= 15 is 0 Å². The highest BCUT2D eigenvalue weighted by molar-refractivity contribution is 7.18. The summed E-state index contributed by atoms with van der Waals surface area (Å²) in [6, 6.07) is 12.0. The van der Waals surface area contributed by atoms with E-state index in [1.165, 1.54) is 34.5 Å². The molecule has 0 aliphatic carbocycles. The Morgan fingerprint density at radius 2 is 1.27 bits per heavy atom. The fourth-order valence-corrected chi connectivity index (χ4v) is 6.77. The Morgan fingerprint density at radius 1 is 0.757 bits per heavy atom. The normalized spacial score (nSPS) is 23.8. The molecule has 4 aromatic rings. The van der Waals surface area contributed by atoms with Crippen LogP contribution in [0.1, 0.15) is 27.7 Å². The van der Waals surface area contributed by atoms with Crippen molar-refractivity contribution < 1.29 is 8.78 Å². The molecule has 5 nitrogen and oxygen atoms in total. The van der Waals surface area contributed by atoms with Gasteiger partial charge in [0.1, 0.15) is 11.6 Å². The number of halogens is 2. The lowest BCUT2D eigenvalue weighted by Gasteiger charge is -2.37. The molecule has 2 aliphatic rings. The van der Waals surface area contributed by atoms with Crippen molar-refractivity contribution in [1.82, 2.24) is 16.0 Å². The molecule has 0 radical (unpaired) electrons. The molecule has 0 saturated carbocycles. The number of rotatable bonds is 1. The van der Waals surface area contributed by atoms with Gasteiger partial charge in [-0.3, -0.25) is 0 Å². The molecule has 2 saturated heterocycles. The monoisotopic (exact) mass is 545 g/mol. The summed E-state index contributed by atoms with van der Waals surface area (Å²) in [6.07, 6.45) is 0. The third-order valence-electron chi connectivity index (χ3n) is 6.45. The lowest BCUT2D eigenvalue weighted by Crippen LogP contribution is -2.54. The summed E-state index contributed by atoms with van der Waals surface area (Å²) in [5.41, 5.74) is 7.59. The number of fused-ring (bicyclic) bond motifs is 2. The van der Waals surface area contributed by atoms with E-state index in [9.17, 15) is 8.78 Å². The first-order valence-electron chi connectivity index (χ1n) is 12.8. The number of hydrogen-bond acceptors (Lipinski definition) is 7. The Kier molecular flexibility index (Phi) is 9.36. The highest BCUT2D eigenvalue weighted by Crippen LogP contribution is 2.34. The van der Waals surface area contributed by atoms with E-state index in [4.69, 9.17) is 5.73 Å². The number of anilines is 2. The zero-order valence-electron chi connectivity index (χ0n) is 21.9. The molecule has 2 aromatic carbocycles. The van der Waals surface area contributed by atoms with Crippen LogP contribution in [0.25, 0.3) is 20.2 Å². The van der Waals surface area contributed by atoms with E-state index in [0.29, 0.717) is 24.2 Å². The molecule has 0 unspecified atom stereocenters. The largest absolute Gasteiger partial charge is 0.398 e. The van der Waals surface area contributed by atoms with Crippen molar-refractivity contribution in [2.24, 2.45) is 0 Å². The van der Waals surface area contributed by atoms with Crippen LogP contribution in [0.15, 0.2) is 47.2 Å². The van der Waals surface area contributed by atoms with Crippen molar-refractivity contribution in [2.75, 3.05) is 36.8 Å². The number of hydrogen-bond donors (Lipinski definition) is 4. The SMILES string of the molecule is C[C@@H]1CN(c2csc3cc(F)ccc23)C[C@H](C)N1.C[C@@H]1CNC[C@H](C)N1.Nc1csc2cc(F)ccc12. The van der Waals surface area contributed by atoms with Crippen molar-refractivity contribution in [3.05, 3.63) is 58.8 Å². The quantitative estimate of drug-likeness (QED) is 0.243. The molecule has 2 aromatic heterocycles. The van der Waals surface area contributed by atoms with Crippen LogP contribution in [0.3, 0.4) is 0 Å². The summed E-state index contributed by atoms with van der Waals surface area (Å²) in [7, 11) is 0. The second kappa shape index (κ2) is 12.5.